The molecular formula is C28H28F5N3O3. The molecule has 2 atom stereocenters. The molecule has 39 heavy (non-hydrogen) atoms. The Bertz CT molecular complexity index is 1300. The largest absolute Gasteiger partial charge is 0.416 e. The molecule has 1 saturated carbocycles. The fourth-order valence-electron chi connectivity index (χ4n) is 5.43. The van der Waals surface area contributed by atoms with Crippen molar-refractivity contribution in [2.45, 2.75) is 56.5 Å². The number of amides is 3. The Morgan fingerprint density at radius 3 is 2.38 bits per heavy atom. The van der Waals surface area contributed by atoms with Crippen LogP contribution in [0, 0.1) is 11.7 Å². The number of halogens is 5. The summed E-state index contributed by atoms with van der Waals surface area (Å²) in [6.07, 6.45) is -2.39. The van der Waals surface area contributed by atoms with Crippen molar-refractivity contribution in [3.63, 3.8) is 0 Å². The van der Waals surface area contributed by atoms with Gasteiger partial charge in [-0.15, -0.1) is 0 Å². The summed E-state index contributed by atoms with van der Waals surface area (Å²) in [6, 6.07) is 6.73. The van der Waals surface area contributed by atoms with Gasteiger partial charge < -0.3 is 15.1 Å². The zero-order valence-corrected chi connectivity index (χ0v) is 21.2. The van der Waals surface area contributed by atoms with E-state index in [1.54, 1.807) is 12.1 Å². The van der Waals surface area contributed by atoms with E-state index in [2.05, 4.69) is 5.32 Å². The average Bonchev–Trinajstić information content (AvgIpc) is 3.59. The number of benzene rings is 2. The fourth-order valence-corrected chi connectivity index (χ4v) is 5.43. The number of alkyl halides is 4. The van der Waals surface area contributed by atoms with E-state index in [4.69, 9.17) is 0 Å². The summed E-state index contributed by atoms with van der Waals surface area (Å²) >= 11 is 0. The van der Waals surface area contributed by atoms with Crippen LogP contribution in [0.25, 0.3) is 0 Å². The van der Waals surface area contributed by atoms with E-state index in [0.717, 1.165) is 12.1 Å². The maximum atomic E-state index is 15.3. The summed E-state index contributed by atoms with van der Waals surface area (Å²) in [4.78, 5) is 41.0. The van der Waals surface area contributed by atoms with Crippen molar-refractivity contribution in [2.75, 3.05) is 19.6 Å². The third-order valence-corrected chi connectivity index (χ3v) is 7.83. The van der Waals surface area contributed by atoms with Crippen LogP contribution in [0.1, 0.15) is 65.7 Å². The number of carbonyl (C=O) groups is 3. The smallest absolute Gasteiger partial charge is 0.347 e. The van der Waals surface area contributed by atoms with E-state index in [1.807, 2.05) is 0 Å². The standard InChI is InChI=1S/C28H28F5N3O3/c1-16(37)35-14-27(30,15-35)19-5-2-4-18(12-19)26(39)36-11-3-6-23(36)25(38)34-24(17-7-8-17)21-10-9-20(13-22(21)29)28(31,32)33/h2,4-5,9-10,12-13,17,23-24H,3,6-8,11,14-15H2,1H3,(H,34,38)/t23-,24?/m1/s1. The van der Waals surface area contributed by atoms with Crippen LogP contribution < -0.4 is 5.32 Å². The highest BCUT2D eigenvalue weighted by atomic mass is 19.4. The van der Waals surface area contributed by atoms with Gasteiger partial charge in [0.05, 0.1) is 24.7 Å². The Balaban J connectivity index is 1.31. The van der Waals surface area contributed by atoms with Crippen LogP contribution >= 0.6 is 0 Å². The van der Waals surface area contributed by atoms with Gasteiger partial charge in [0.2, 0.25) is 11.8 Å². The molecular weight excluding hydrogens is 521 g/mol. The molecule has 6 nitrogen and oxygen atoms in total. The number of rotatable bonds is 6. The van der Waals surface area contributed by atoms with E-state index in [9.17, 15) is 31.9 Å². The average molecular weight is 550 g/mol. The molecule has 0 radical (unpaired) electrons. The number of hydrogen-bond acceptors (Lipinski definition) is 3. The van der Waals surface area contributed by atoms with Crippen LogP contribution in [0.5, 0.6) is 0 Å². The molecule has 208 valence electrons. The molecule has 0 bridgehead atoms. The lowest BCUT2D eigenvalue weighted by Gasteiger charge is -2.44. The maximum Gasteiger partial charge on any atom is 0.416 e. The van der Waals surface area contributed by atoms with Crippen LogP contribution in [-0.4, -0.2) is 53.2 Å². The number of nitrogens with one attached hydrogen (secondary N) is 1. The van der Waals surface area contributed by atoms with Gasteiger partial charge in [-0.2, -0.15) is 13.2 Å². The highest BCUT2D eigenvalue weighted by Gasteiger charge is 2.47. The molecule has 2 aromatic carbocycles. The molecule has 3 aliphatic rings. The zero-order valence-electron chi connectivity index (χ0n) is 21.2. The zero-order chi connectivity index (χ0) is 28.1. The number of hydrogen-bond donors (Lipinski definition) is 1. The minimum absolute atomic E-state index is 0.0178. The van der Waals surface area contributed by atoms with Crippen molar-refractivity contribution in [3.8, 4) is 0 Å². The van der Waals surface area contributed by atoms with Gasteiger partial charge in [0.1, 0.15) is 11.9 Å². The minimum Gasteiger partial charge on any atom is -0.347 e. The van der Waals surface area contributed by atoms with Crippen LogP contribution in [0.2, 0.25) is 0 Å². The second-order valence-corrected chi connectivity index (χ2v) is 10.6. The third kappa shape index (κ3) is 5.35. The molecule has 1 N–H and O–H groups in total. The topological polar surface area (TPSA) is 69.7 Å². The predicted molar refractivity (Wildman–Crippen MR) is 131 cm³/mol. The van der Waals surface area contributed by atoms with E-state index in [0.29, 0.717) is 38.3 Å². The van der Waals surface area contributed by atoms with Crippen LogP contribution in [0.4, 0.5) is 22.0 Å². The summed E-state index contributed by atoms with van der Waals surface area (Å²) in [5.74, 6) is -2.35. The Hall–Kier alpha value is -3.50. The summed E-state index contributed by atoms with van der Waals surface area (Å²) in [7, 11) is 0. The van der Waals surface area contributed by atoms with Crippen LogP contribution in [-0.2, 0) is 21.4 Å². The summed E-state index contributed by atoms with van der Waals surface area (Å²) in [5, 5.41) is 2.79. The SMILES string of the molecule is CC(=O)N1CC(F)(c2cccc(C(=O)N3CCC[C@@H]3C(=O)NC(c3ccc(C(F)(F)F)cc3F)C3CC3)c2)C1. The lowest BCUT2D eigenvalue weighted by atomic mass is 9.87. The molecule has 0 spiro atoms. The molecule has 0 aromatic heterocycles. The van der Waals surface area contributed by atoms with Crippen LogP contribution in [0.15, 0.2) is 42.5 Å². The summed E-state index contributed by atoms with van der Waals surface area (Å²) in [6.45, 7) is 1.45. The highest BCUT2D eigenvalue weighted by Crippen LogP contribution is 2.43. The number of carbonyl (C=O) groups excluding carboxylic acids is 3. The van der Waals surface area contributed by atoms with E-state index < -0.39 is 47.1 Å². The Kier molecular flexibility index (Phi) is 6.88. The van der Waals surface area contributed by atoms with E-state index >= 15 is 4.39 Å². The summed E-state index contributed by atoms with van der Waals surface area (Å²) in [5.41, 5.74) is -2.40. The monoisotopic (exact) mass is 549 g/mol. The molecule has 1 aliphatic carbocycles. The quantitative estimate of drug-likeness (QED) is 0.530. The van der Waals surface area contributed by atoms with Gasteiger partial charge in [-0.3, -0.25) is 14.4 Å². The second kappa shape index (κ2) is 9.91. The lowest BCUT2D eigenvalue weighted by molar-refractivity contribution is -0.143. The molecule has 11 heteroatoms. The highest BCUT2D eigenvalue weighted by molar-refractivity contribution is 5.98. The Morgan fingerprint density at radius 2 is 1.77 bits per heavy atom. The second-order valence-electron chi connectivity index (χ2n) is 10.6. The van der Waals surface area contributed by atoms with Gasteiger partial charge in [-0.1, -0.05) is 18.2 Å². The normalized spacial score (nSPS) is 21.3. The number of nitrogens with zero attached hydrogens (tertiary/aromatic N) is 2. The van der Waals surface area contributed by atoms with Crippen molar-refractivity contribution in [1.82, 2.24) is 15.1 Å². The Labute approximate surface area is 222 Å². The predicted octanol–water partition coefficient (Wildman–Crippen LogP) is 4.74. The first-order valence-electron chi connectivity index (χ1n) is 12.9. The summed E-state index contributed by atoms with van der Waals surface area (Å²) < 4.78 is 69.0. The van der Waals surface area contributed by atoms with E-state index in [1.165, 1.54) is 28.9 Å². The van der Waals surface area contributed by atoms with Crippen molar-refractivity contribution >= 4 is 17.7 Å². The van der Waals surface area contributed by atoms with Crippen molar-refractivity contribution in [1.29, 1.82) is 0 Å². The lowest BCUT2D eigenvalue weighted by Crippen LogP contribution is -2.58. The molecule has 3 amide bonds. The molecule has 1 unspecified atom stereocenters. The van der Waals surface area contributed by atoms with Gasteiger partial charge >= 0.3 is 6.18 Å². The first-order valence-corrected chi connectivity index (χ1v) is 12.9. The first-order chi connectivity index (χ1) is 18.4. The molecule has 2 aliphatic heterocycles. The van der Waals surface area contributed by atoms with Crippen molar-refractivity contribution < 1.29 is 36.3 Å². The first kappa shape index (κ1) is 27.1. The fraction of sp³-hybridized carbons (Fsp3) is 0.464. The van der Waals surface area contributed by atoms with Gasteiger partial charge in [0.25, 0.3) is 5.91 Å². The maximum absolute atomic E-state index is 15.3. The van der Waals surface area contributed by atoms with E-state index in [-0.39, 0.29) is 41.6 Å². The van der Waals surface area contributed by atoms with Gasteiger partial charge in [-0.25, -0.2) is 8.78 Å². The molecule has 2 heterocycles. The van der Waals surface area contributed by atoms with Gasteiger partial charge in [0.15, 0.2) is 5.67 Å². The van der Waals surface area contributed by atoms with Gasteiger partial charge in [0, 0.05) is 24.6 Å². The minimum atomic E-state index is -4.69. The van der Waals surface area contributed by atoms with Gasteiger partial charge in [-0.05, 0) is 61.4 Å². The van der Waals surface area contributed by atoms with Crippen molar-refractivity contribution in [2.24, 2.45) is 5.92 Å². The van der Waals surface area contributed by atoms with Crippen LogP contribution in [0.3, 0.4) is 0 Å². The Morgan fingerprint density at radius 1 is 1.05 bits per heavy atom. The molecule has 2 saturated heterocycles. The number of likely N-dealkylation sites (tertiary alicyclic amines) is 2. The molecule has 3 fully saturated rings. The molecule has 5 rings (SSSR count). The third-order valence-electron chi connectivity index (χ3n) is 7.83. The molecule has 2 aromatic rings. The van der Waals surface area contributed by atoms with Crippen molar-refractivity contribution in [3.05, 3.63) is 70.5 Å².